The molecule has 0 radical (unpaired) electrons. The van der Waals surface area contributed by atoms with Gasteiger partial charge >= 0.3 is 0 Å². The van der Waals surface area contributed by atoms with Crippen LogP contribution in [0.1, 0.15) is 4.88 Å². The summed E-state index contributed by atoms with van der Waals surface area (Å²) in [6.45, 7) is 0. The summed E-state index contributed by atoms with van der Waals surface area (Å²) in [4.78, 5) is 3.69. The van der Waals surface area contributed by atoms with E-state index in [0.717, 1.165) is 33.3 Å². The predicted octanol–water partition coefficient (Wildman–Crippen LogP) is 11.9. The SMILES string of the molecule is C1=CC(N(c2ccc3oc4ccccc4c3c2)c2ccc3sc4ccccc4c3c2)Nc2c1sc1cc3ccccc3cc21. The maximum atomic E-state index is 6.21. The van der Waals surface area contributed by atoms with Crippen molar-refractivity contribution in [2.24, 2.45) is 0 Å². The zero-order valence-corrected chi connectivity index (χ0v) is 25.1. The van der Waals surface area contributed by atoms with Crippen molar-refractivity contribution >= 4 is 109 Å². The summed E-state index contributed by atoms with van der Waals surface area (Å²) in [7, 11) is 0. The van der Waals surface area contributed by atoms with Crippen molar-refractivity contribution in [3.63, 3.8) is 0 Å². The van der Waals surface area contributed by atoms with Gasteiger partial charge in [0.25, 0.3) is 0 Å². The van der Waals surface area contributed by atoms with Gasteiger partial charge in [-0.2, -0.15) is 0 Å². The molecule has 1 aliphatic heterocycles. The van der Waals surface area contributed by atoms with Gasteiger partial charge in [0.05, 0.1) is 10.6 Å². The highest BCUT2D eigenvalue weighted by molar-refractivity contribution is 7.25. The summed E-state index contributed by atoms with van der Waals surface area (Å²) in [5, 5.41) is 12.6. The van der Waals surface area contributed by atoms with Crippen LogP contribution in [-0.2, 0) is 0 Å². The molecular formula is C39H24N2OS2. The second-order valence-electron chi connectivity index (χ2n) is 11.4. The van der Waals surface area contributed by atoms with E-state index in [4.69, 9.17) is 4.42 Å². The Labute approximate surface area is 260 Å². The molecule has 44 heavy (non-hydrogen) atoms. The highest BCUT2D eigenvalue weighted by Crippen LogP contribution is 2.44. The summed E-state index contributed by atoms with van der Waals surface area (Å²) < 4.78 is 10.1. The van der Waals surface area contributed by atoms with Crippen LogP contribution in [-0.4, -0.2) is 6.17 Å². The van der Waals surface area contributed by atoms with E-state index in [1.165, 1.54) is 51.6 Å². The van der Waals surface area contributed by atoms with Gasteiger partial charge in [0.1, 0.15) is 17.3 Å². The summed E-state index contributed by atoms with van der Waals surface area (Å²) in [5.41, 5.74) is 5.27. The Kier molecular flexibility index (Phi) is 5.09. The molecule has 1 atom stereocenters. The highest BCUT2D eigenvalue weighted by atomic mass is 32.1. The second-order valence-corrected chi connectivity index (χ2v) is 13.6. The van der Waals surface area contributed by atoms with Gasteiger partial charge in [-0.1, -0.05) is 60.7 Å². The Morgan fingerprint density at radius 1 is 0.545 bits per heavy atom. The molecule has 3 aromatic heterocycles. The van der Waals surface area contributed by atoms with Crippen molar-refractivity contribution in [1.29, 1.82) is 0 Å². The van der Waals surface area contributed by atoms with Gasteiger partial charge in [0, 0.05) is 52.4 Å². The van der Waals surface area contributed by atoms with E-state index in [0.29, 0.717) is 0 Å². The first kappa shape index (κ1) is 24.4. The Hall–Kier alpha value is -5.10. The monoisotopic (exact) mass is 600 g/mol. The van der Waals surface area contributed by atoms with Crippen LogP contribution in [0, 0.1) is 0 Å². The fourth-order valence-corrected chi connectivity index (χ4v) is 8.99. The lowest BCUT2D eigenvalue weighted by Gasteiger charge is -2.35. The minimum absolute atomic E-state index is 0.0928. The van der Waals surface area contributed by atoms with Gasteiger partial charge < -0.3 is 14.6 Å². The molecule has 10 rings (SSSR count). The molecule has 9 aromatic rings. The Morgan fingerprint density at radius 3 is 2.16 bits per heavy atom. The van der Waals surface area contributed by atoms with E-state index in [1.54, 1.807) is 0 Å². The van der Waals surface area contributed by atoms with E-state index >= 15 is 0 Å². The minimum atomic E-state index is -0.0928. The van der Waals surface area contributed by atoms with Crippen LogP contribution >= 0.6 is 22.7 Å². The minimum Gasteiger partial charge on any atom is -0.456 e. The van der Waals surface area contributed by atoms with Gasteiger partial charge in [-0.25, -0.2) is 0 Å². The van der Waals surface area contributed by atoms with Crippen LogP contribution in [0.4, 0.5) is 17.1 Å². The number of nitrogens with zero attached hydrogens (tertiary/aromatic N) is 1. The van der Waals surface area contributed by atoms with Crippen LogP contribution in [0.3, 0.4) is 0 Å². The second kappa shape index (κ2) is 9.20. The number of furan rings is 1. The summed E-state index contributed by atoms with van der Waals surface area (Å²) >= 11 is 3.70. The van der Waals surface area contributed by atoms with E-state index in [1.807, 2.05) is 34.8 Å². The first-order chi connectivity index (χ1) is 21.8. The van der Waals surface area contributed by atoms with E-state index < -0.39 is 0 Å². The summed E-state index contributed by atoms with van der Waals surface area (Å²) in [6.07, 6.45) is 4.50. The molecule has 4 heterocycles. The molecular weight excluding hydrogens is 577 g/mol. The third kappa shape index (κ3) is 3.60. The number of anilines is 3. The number of para-hydroxylation sites is 1. The Morgan fingerprint density at radius 2 is 1.25 bits per heavy atom. The van der Waals surface area contributed by atoms with Crippen molar-refractivity contribution in [3.8, 4) is 0 Å². The maximum absolute atomic E-state index is 6.21. The third-order valence-corrected chi connectivity index (χ3v) is 11.1. The van der Waals surface area contributed by atoms with Crippen molar-refractivity contribution in [3.05, 3.63) is 132 Å². The molecule has 0 spiro atoms. The van der Waals surface area contributed by atoms with Crippen molar-refractivity contribution < 1.29 is 4.42 Å². The lowest BCUT2D eigenvalue weighted by molar-refractivity contribution is 0.669. The molecule has 0 fully saturated rings. The molecule has 5 heteroatoms. The molecule has 3 nitrogen and oxygen atoms in total. The molecule has 1 unspecified atom stereocenters. The summed E-state index contributed by atoms with van der Waals surface area (Å²) in [5.74, 6) is 0. The fourth-order valence-electron chi connectivity index (χ4n) is 6.79. The predicted molar refractivity (Wildman–Crippen MR) is 191 cm³/mol. The average molecular weight is 601 g/mol. The lowest BCUT2D eigenvalue weighted by Crippen LogP contribution is -2.37. The van der Waals surface area contributed by atoms with E-state index in [2.05, 4.69) is 132 Å². The van der Waals surface area contributed by atoms with Gasteiger partial charge in [-0.15, -0.1) is 22.7 Å². The van der Waals surface area contributed by atoms with Crippen LogP contribution in [0.15, 0.2) is 132 Å². The number of hydrogen-bond donors (Lipinski definition) is 1. The number of nitrogens with one attached hydrogen (secondary N) is 1. The quantitative estimate of drug-likeness (QED) is 0.219. The molecule has 0 saturated heterocycles. The van der Waals surface area contributed by atoms with Gasteiger partial charge in [0.15, 0.2) is 0 Å². The Bertz CT molecular complexity index is 2510. The van der Waals surface area contributed by atoms with Crippen LogP contribution < -0.4 is 10.2 Å². The zero-order valence-electron chi connectivity index (χ0n) is 23.5. The number of rotatable bonds is 3. The van der Waals surface area contributed by atoms with Crippen molar-refractivity contribution in [2.75, 3.05) is 10.2 Å². The molecule has 0 amide bonds. The zero-order chi connectivity index (χ0) is 28.8. The van der Waals surface area contributed by atoms with Crippen LogP contribution in [0.25, 0.3) is 69.0 Å². The topological polar surface area (TPSA) is 28.4 Å². The highest BCUT2D eigenvalue weighted by Gasteiger charge is 2.26. The maximum Gasteiger partial charge on any atom is 0.135 e. The molecule has 0 aliphatic carbocycles. The van der Waals surface area contributed by atoms with E-state index in [9.17, 15) is 0 Å². The standard InChI is InChI=1S/C39H24N2OS2/c1-2-8-24-20-37-31(19-23(24)7-1)39-36(44-37)17-18-38(40-39)41(25-13-15-33-29(21-25)27-9-3-5-11-32(27)42-33)26-14-16-35-30(22-26)28-10-4-6-12-34(28)43-35/h1-22,38,40H. The third-order valence-electron chi connectivity index (χ3n) is 8.86. The van der Waals surface area contributed by atoms with Crippen LogP contribution in [0.2, 0.25) is 0 Å². The number of hydrogen-bond acceptors (Lipinski definition) is 5. The van der Waals surface area contributed by atoms with Gasteiger partial charge in [-0.3, -0.25) is 0 Å². The normalized spacial score (nSPS) is 14.7. The van der Waals surface area contributed by atoms with E-state index in [-0.39, 0.29) is 6.17 Å². The smallest absolute Gasteiger partial charge is 0.135 e. The lowest BCUT2D eigenvalue weighted by atomic mass is 10.1. The van der Waals surface area contributed by atoms with Crippen LogP contribution in [0.5, 0.6) is 0 Å². The van der Waals surface area contributed by atoms with Crippen molar-refractivity contribution in [2.45, 2.75) is 6.17 Å². The first-order valence-electron chi connectivity index (χ1n) is 14.8. The molecule has 6 aromatic carbocycles. The Balaban J connectivity index is 1.17. The number of benzene rings is 6. The molecule has 1 aliphatic rings. The van der Waals surface area contributed by atoms with Crippen molar-refractivity contribution in [1.82, 2.24) is 0 Å². The van der Waals surface area contributed by atoms with Gasteiger partial charge in [0.2, 0.25) is 0 Å². The fraction of sp³-hybridized carbons (Fsp3) is 0.0256. The first-order valence-corrected chi connectivity index (χ1v) is 16.4. The molecule has 1 N–H and O–H groups in total. The number of fused-ring (bicyclic) bond motifs is 10. The summed E-state index contributed by atoms with van der Waals surface area (Å²) in [6, 6.07) is 43.8. The largest absolute Gasteiger partial charge is 0.456 e. The molecule has 208 valence electrons. The average Bonchev–Trinajstić information content (AvgIpc) is 3.74. The molecule has 0 bridgehead atoms. The number of thiophene rings is 2. The van der Waals surface area contributed by atoms with Gasteiger partial charge in [-0.05, 0) is 83.6 Å². The molecule has 0 saturated carbocycles.